The second-order valence-electron chi connectivity index (χ2n) is 8.68. The van der Waals surface area contributed by atoms with Crippen molar-refractivity contribution in [2.45, 2.75) is 58.4 Å². The van der Waals surface area contributed by atoms with Crippen molar-refractivity contribution in [3.63, 3.8) is 0 Å². The molecule has 0 atom stereocenters. The van der Waals surface area contributed by atoms with Crippen LogP contribution in [0.15, 0.2) is 72.8 Å². The van der Waals surface area contributed by atoms with Crippen LogP contribution in [-0.2, 0) is 22.7 Å². The van der Waals surface area contributed by atoms with Gasteiger partial charge in [-0.1, -0.05) is 60.7 Å². The van der Waals surface area contributed by atoms with E-state index in [2.05, 4.69) is 4.98 Å². The molecule has 4 rings (SSSR count). The van der Waals surface area contributed by atoms with Crippen LogP contribution in [0.4, 0.5) is 0 Å². The molecule has 162 valence electrons. The molecule has 0 radical (unpaired) electrons. The fourth-order valence-corrected chi connectivity index (χ4v) is 3.24. The van der Waals surface area contributed by atoms with Gasteiger partial charge in [0.05, 0.1) is 16.8 Å². The maximum Gasteiger partial charge on any atom is 0.225 e. The van der Waals surface area contributed by atoms with Crippen molar-refractivity contribution in [1.82, 2.24) is 4.98 Å². The van der Waals surface area contributed by atoms with Gasteiger partial charge < -0.3 is 18.9 Å². The summed E-state index contributed by atoms with van der Waals surface area (Å²) in [6.07, 6.45) is -0.563. The Kier molecular flexibility index (Phi) is 5.99. The summed E-state index contributed by atoms with van der Waals surface area (Å²) >= 11 is 0. The van der Waals surface area contributed by atoms with Crippen LogP contribution in [0, 0.1) is 0 Å². The predicted octanol–water partition coefficient (Wildman–Crippen LogP) is 5.84. The summed E-state index contributed by atoms with van der Waals surface area (Å²) in [7, 11) is 0. The lowest BCUT2D eigenvalue weighted by Gasteiger charge is -2.30. The lowest BCUT2D eigenvalue weighted by molar-refractivity contribution is -0.0912. The summed E-state index contributed by atoms with van der Waals surface area (Å²) in [6, 6.07) is 23.7. The largest absolute Gasteiger partial charge is 0.473 e. The van der Waals surface area contributed by atoms with Crippen LogP contribution in [0.25, 0.3) is 0 Å². The second kappa shape index (κ2) is 8.69. The summed E-state index contributed by atoms with van der Waals surface area (Å²) in [5.41, 5.74) is 1.99. The van der Waals surface area contributed by atoms with E-state index in [1.807, 2.05) is 100 Å². The standard InChI is InChI=1S/C26H29NO4/c1-25(2)26(3,4)31-24(30-25)21-15-16-22(28-17-19-11-7-5-8-12-19)27-23(21)29-18-20-13-9-6-10-14-20/h5-16,24H,17-18H2,1-4H3. The zero-order valence-electron chi connectivity index (χ0n) is 18.5. The van der Waals surface area contributed by atoms with Crippen molar-refractivity contribution in [2.24, 2.45) is 0 Å². The lowest BCUT2D eigenvalue weighted by atomic mass is 9.90. The van der Waals surface area contributed by atoms with Gasteiger partial charge in [-0.3, -0.25) is 0 Å². The summed E-state index contributed by atoms with van der Waals surface area (Å²) in [6.45, 7) is 8.94. The number of hydrogen-bond donors (Lipinski definition) is 0. The van der Waals surface area contributed by atoms with E-state index < -0.39 is 17.5 Å². The van der Waals surface area contributed by atoms with E-state index >= 15 is 0 Å². The van der Waals surface area contributed by atoms with Crippen LogP contribution in [0.3, 0.4) is 0 Å². The Morgan fingerprint density at radius 1 is 0.710 bits per heavy atom. The van der Waals surface area contributed by atoms with Crippen LogP contribution in [0.2, 0.25) is 0 Å². The number of rotatable bonds is 7. The first-order valence-corrected chi connectivity index (χ1v) is 10.5. The number of ether oxygens (including phenoxy) is 4. The number of aromatic nitrogens is 1. The quantitative estimate of drug-likeness (QED) is 0.481. The Hall–Kier alpha value is -2.89. The molecule has 3 aromatic rings. The van der Waals surface area contributed by atoms with Gasteiger partial charge in [-0.25, -0.2) is 0 Å². The summed E-state index contributed by atoms with van der Waals surface area (Å²) in [5, 5.41) is 0. The molecule has 0 bridgehead atoms. The molecule has 0 saturated carbocycles. The molecule has 1 fully saturated rings. The van der Waals surface area contributed by atoms with Crippen LogP contribution in [-0.4, -0.2) is 16.2 Å². The Bertz CT molecular complexity index is 986. The topological polar surface area (TPSA) is 49.8 Å². The van der Waals surface area contributed by atoms with Crippen molar-refractivity contribution < 1.29 is 18.9 Å². The van der Waals surface area contributed by atoms with Crippen LogP contribution < -0.4 is 9.47 Å². The third kappa shape index (κ3) is 4.89. The Morgan fingerprint density at radius 3 is 1.77 bits per heavy atom. The average Bonchev–Trinajstić information content (AvgIpc) is 2.99. The first-order chi connectivity index (χ1) is 14.8. The zero-order chi connectivity index (χ0) is 21.9. The molecule has 31 heavy (non-hydrogen) atoms. The molecule has 1 saturated heterocycles. The highest BCUT2D eigenvalue weighted by Gasteiger charge is 2.50. The molecule has 5 heteroatoms. The van der Waals surface area contributed by atoms with Gasteiger partial charge in [-0.2, -0.15) is 4.98 Å². The minimum absolute atomic E-state index is 0.391. The molecule has 1 aliphatic rings. The lowest BCUT2D eigenvalue weighted by Crippen LogP contribution is -2.41. The molecule has 0 N–H and O–H groups in total. The highest BCUT2D eigenvalue weighted by molar-refractivity contribution is 5.33. The van der Waals surface area contributed by atoms with Crippen LogP contribution in [0.5, 0.6) is 11.8 Å². The first-order valence-electron chi connectivity index (χ1n) is 10.5. The van der Waals surface area contributed by atoms with E-state index in [1.165, 1.54) is 0 Å². The average molecular weight is 420 g/mol. The van der Waals surface area contributed by atoms with E-state index in [0.717, 1.165) is 16.7 Å². The number of pyridine rings is 1. The van der Waals surface area contributed by atoms with Crippen molar-refractivity contribution >= 4 is 0 Å². The Balaban J connectivity index is 1.57. The zero-order valence-corrected chi connectivity index (χ0v) is 18.5. The molecule has 0 spiro atoms. The maximum absolute atomic E-state index is 6.23. The van der Waals surface area contributed by atoms with Gasteiger partial charge in [0.2, 0.25) is 11.8 Å². The molecule has 0 aliphatic carbocycles. The molecule has 2 heterocycles. The highest BCUT2D eigenvalue weighted by atomic mass is 16.7. The fourth-order valence-electron chi connectivity index (χ4n) is 3.24. The van der Waals surface area contributed by atoms with Crippen molar-refractivity contribution in [3.05, 3.63) is 89.5 Å². The van der Waals surface area contributed by atoms with Crippen LogP contribution >= 0.6 is 0 Å². The molecule has 2 aromatic carbocycles. The molecular formula is C26H29NO4. The van der Waals surface area contributed by atoms with Gasteiger partial charge in [0.1, 0.15) is 13.2 Å². The van der Waals surface area contributed by atoms with Gasteiger partial charge in [-0.15, -0.1) is 0 Å². The van der Waals surface area contributed by atoms with Gasteiger partial charge in [0, 0.05) is 6.07 Å². The van der Waals surface area contributed by atoms with E-state index in [0.29, 0.717) is 25.0 Å². The van der Waals surface area contributed by atoms with Crippen molar-refractivity contribution in [1.29, 1.82) is 0 Å². The number of hydrogen-bond acceptors (Lipinski definition) is 5. The SMILES string of the molecule is CC1(C)OC(c2ccc(OCc3ccccc3)nc2OCc2ccccc2)OC1(C)C. The van der Waals surface area contributed by atoms with Gasteiger partial charge in [0.25, 0.3) is 0 Å². The van der Waals surface area contributed by atoms with Gasteiger partial charge in [-0.05, 0) is 44.9 Å². The van der Waals surface area contributed by atoms with Gasteiger partial charge in [0.15, 0.2) is 6.29 Å². The van der Waals surface area contributed by atoms with Crippen LogP contribution in [0.1, 0.15) is 50.7 Å². The molecule has 1 aliphatic heterocycles. The van der Waals surface area contributed by atoms with E-state index in [1.54, 1.807) is 0 Å². The Morgan fingerprint density at radius 2 is 1.23 bits per heavy atom. The smallest absolute Gasteiger partial charge is 0.225 e. The summed E-state index contributed by atoms with van der Waals surface area (Å²) < 4.78 is 24.5. The maximum atomic E-state index is 6.23. The summed E-state index contributed by atoms with van der Waals surface area (Å²) in [5.74, 6) is 0.945. The van der Waals surface area contributed by atoms with Crippen molar-refractivity contribution in [2.75, 3.05) is 0 Å². The molecule has 0 unspecified atom stereocenters. The molecular weight excluding hydrogens is 390 g/mol. The summed E-state index contributed by atoms with van der Waals surface area (Å²) in [4.78, 5) is 4.64. The van der Waals surface area contributed by atoms with E-state index in [4.69, 9.17) is 18.9 Å². The minimum Gasteiger partial charge on any atom is -0.473 e. The fraction of sp³-hybridized carbons (Fsp3) is 0.346. The van der Waals surface area contributed by atoms with E-state index in [9.17, 15) is 0 Å². The third-order valence-corrected chi connectivity index (χ3v) is 5.82. The number of nitrogens with zero attached hydrogens (tertiary/aromatic N) is 1. The number of benzene rings is 2. The minimum atomic E-state index is -0.563. The monoisotopic (exact) mass is 419 g/mol. The molecule has 1 aromatic heterocycles. The second-order valence-corrected chi connectivity index (χ2v) is 8.68. The third-order valence-electron chi connectivity index (χ3n) is 5.82. The first kappa shape index (κ1) is 21.3. The normalized spacial score (nSPS) is 17.4. The highest BCUT2D eigenvalue weighted by Crippen LogP contribution is 2.46. The predicted molar refractivity (Wildman–Crippen MR) is 119 cm³/mol. The van der Waals surface area contributed by atoms with E-state index in [-0.39, 0.29) is 0 Å². The van der Waals surface area contributed by atoms with Gasteiger partial charge >= 0.3 is 0 Å². The molecule has 0 amide bonds. The van der Waals surface area contributed by atoms with Crippen molar-refractivity contribution in [3.8, 4) is 11.8 Å². The molecule has 5 nitrogen and oxygen atoms in total. The Labute approximate surface area is 183 Å².